The summed E-state index contributed by atoms with van der Waals surface area (Å²) in [6.45, 7) is 9.73. The van der Waals surface area contributed by atoms with Crippen molar-refractivity contribution in [1.29, 1.82) is 0 Å². The number of hydrogen-bond donors (Lipinski definition) is 2. The van der Waals surface area contributed by atoms with Gasteiger partial charge < -0.3 is 24.8 Å². The van der Waals surface area contributed by atoms with Crippen molar-refractivity contribution in [3.63, 3.8) is 0 Å². The Morgan fingerprint density at radius 3 is 2.80 bits per heavy atom. The lowest BCUT2D eigenvalue weighted by molar-refractivity contribution is -0.146. The zero-order valence-electron chi connectivity index (χ0n) is 18.0. The molecule has 2 N–H and O–H groups in total. The lowest BCUT2D eigenvalue weighted by Gasteiger charge is -2.35. The van der Waals surface area contributed by atoms with Crippen LogP contribution in [0.5, 0.6) is 0 Å². The fraction of sp³-hybridized carbons (Fsp3) is 0.619. The van der Waals surface area contributed by atoms with Gasteiger partial charge in [-0.3, -0.25) is 4.79 Å². The van der Waals surface area contributed by atoms with Crippen LogP contribution in [0.2, 0.25) is 0 Å². The van der Waals surface area contributed by atoms with Gasteiger partial charge in [-0.25, -0.2) is 15.0 Å². The van der Waals surface area contributed by atoms with Gasteiger partial charge in [-0.2, -0.15) is 0 Å². The Bertz CT molecular complexity index is 868. The highest BCUT2D eigenvalue weighted by atomic mass is 16.5. The van der Waals surface area contributed by atoms with Gasteiger partial charge in [0, 0.05) is 44.5 Å². The molecule has 0 aromatic carbocycles. The van der Waals surface area contributed by atoms with Crippen LogP contribution in [0.4, 0.5) is 5.95 Å². The number of carbonyl (C=O) groups is 1. The maximum atomic E-state index is 12.6. The van der Waals surface area contributed by atoms with Crippen LogP contribution in [-0.2, 0) is 9.53 Å². The summed E-state index contributed by atoms with van der Waals surface area (Å²) >= 11 is 0. The molecular formula is C21H31N7O2. The predicted octanol–water partition coefficient (Wildman–Crippen LogP) is 1.62. The number of hydrogen-bond acceptors (Lipinski definition) is 7. The standard InChI is InChI=1S/C21H31N7O2/c1-14(2)28-15(3)24-12-18(28)17-4-7-23-21(26-17)25-16-5-9-27(10-6-16)20(29)19-13-22-8-11-30-19/h4,7,12,14,16,19,22H,5-6,8-11,13H2,1-3H3,(H,23,25,26). The molecule has 2 aromatic rings. The smallest absolute Gasteiger partial charge is 0.253 e. The first kappa shape index (κ1) is 20.7. The normalized spacial score (nSPS) is 20.5. The number of amides is 1. The minimum atomic E-state index is -0.350. The van der Waals surface area contributed by atoms with E-state index < -0.39 is 0 Å². The highest BCUT2D eigenvalue weighted by Crippen LogP contribution is 2.24. The number of rotatable bonds is 5. The molecule has 9 nitrogen and oxygen atoms in total. The number of piperidine rings is 1. The van der Waals surface area contributed by atoms with E-state index in [4.69, 9.17) is 9.72 Å². The molecule has 162 valence electrons. The maximum Gasteiger partial charge on any atom is 0.253 e. The summed E-state index contributed by atoms with van der Waals surface area (Å²) < 4.78 is 7.78. The number of ether oxygens (including phenoxy) is 1. The molecule has 0 spiro atoms. The predicted molar refractivity (Wildman–Crippen MR) is 114 cm³/mol. The van der Waals surface area contributed by atoms with Crippen LogP contribution >= 0.6 is 0 Å². The molecule has 9 heteroatoms. The summed E-state index contributed by atoms with van der Waals surface area (Å²) in [6, 6.07) is 2.46. The van der Waals surface area contributed by atoms with Crippen LogP contribution in [0, 0.1) is 6.92 Å². The third-order valence-electron chi connectivity index (χ3n) is 5.76. The largest absolute Gasteiger partial charge is 0.366 e. The number of anilines is 1. The van der Waals surface area contributed by atoms with Crippen molar-refractivity contribution in [3.05, 3.63) is 24.3 Å². The molecule has 1 unspecified atom stereocenters. The number of nitrogens with zero attached hydrogens (tertiary/aromatic N) is 5. The minimum absolute atomic E-state index is 0.0937. The molecular weight excluding hydrogens is 382 g/mol. The van der Waals surface area contributed by atoms with E-state index >= 15 is 0 Å². The Morgan fingerprint density at radius 2 is 2.10 bits per heavy atom. The second-order valence-electron chi connectivity index (χ2n) is 8.23. The van der Waals surface area contributed by atoms with E-state index in [0.29, 0.717) is 25.1 Å². The third kappa shape index (κ3) is 4.46. The van der Waals surface area contributed by atoms with Crippen LogP contribution < -0.4 is 10.6 Å². The Kier molecular flexibility index (Phi) is 6.29. The highest BCUT2D eigenvalue weighted by Gasteiger charge is 2.30. The summed E-state index contributed by atoms with van der Waals surface area (Å²) in [4.78, 5) is 28.1. The van der Waals surface area contributed by atoms with E-state index in [9.17, 15) is 4.79 Å². The Labute approximate surface area is 177 Å². The molecule has 2 saturated heterocycles. The minimum Gasteiger partial charge on any atom is -0.366 e. The molecule has 0 saturated carbocycles. The Hall–Kier alpha value is -2.52. The van der Waals surface area contributed by atoms with E-state index in [1.54, 1.807) is 6.20 Å². The van der Waals surface area contributed by atoms with Crippen LogP contribution in [0.15, 0.2) is 18.5 Å². The molecule has 4 rings (SSSR count). The van der Waals surface area contributed by atoms with E-state index in [1.807, 2.05) is 24.1 Å². The number of nitrogens with one attached hydrogen (secondary N) is 2. The van der Waals surface area contributed by atoms with E-state index in [-0.39, 0.29) is 18.1 Å². The van der Waals surface area contributed by atoms with Gasteiger partial charge in [0.15, 0.2) is 0 Å². The molecule has 2 fully saturated rings. The van der Waals surface area contributed by atoms with Gasteiger partial charge in [-0.05, 0) is 39.7 Å². The van der Waals surface area contributed by atoms with Crippen molar-refractivity contribution in [1.82, 2.24) is 29.7 Å². The SMILES string of the molecule is Cc1ncc(-c2ccnc(NC3CCN(C(=O)C4CNCCO4)CC3)n2)n1C(C)C. The average molecular weight is 414 g/mol. The van der Waals surface area contributed by atoms with Crippen LogP contribution in [0.3, 0.4) is 0 Å². The molecule has 4 heterocycles. The van der Waals surface area contributed by atoms with Crippen LogP contribution in [0.25, 0.3) is 11.4 Å². The molecule has 0 radical (unpaired) electrons. The maximum absolute atomic E-state index is 12.6. The Balaban J connectivity index is 1.37. The molecule has 2 aromatic heterocycles. The van der Waals surface area contributed by atoms with E-state index in [2.05, 4.69) is 39.0 Å². The second kappa shape index (κ2) is 9.09. The van der Waals surface area contributed by atoms with Crippen molar-refractivity contribution in [3.8, 4) is 11.4 Å². The van der Waals surface area contributed by atoms with Gasteiger partial charge in [-0.15, -0.1) is 0 Å². The van der Waals surface area contributed by atoms with E-state index in [1.165, 1.54) is 0 Å². The first-order chi connectivity index (χ1) is 14.5. The van der Waals surface area contributed by atoms with E-state index in [0.717, 1.165) is 49.7 Å². The fourth-order valence-electron chi connectivity index (χ4n) is 4.22. The molecule has 2 aliphatic heterocycles. The molecule has 1 atom stereocenters. The topological polar surface area (TPSA) is 97.2 Å². The molecule has 1 amide bonds. The quantitative estimate of drug-likeness (QED) is 0.769. The highest BCUT2D eigenvalue weighted by molar-refractivity contribution is 5.81. The van der Waals surface area contributed by atoms with Crippen molar-refractivity contribution in [2.45, 2.75) is 51.8 Å². The Morgan fingerprint density at radius 1 is 1.30 bits per heavy atom. The average Bonchev–Trinajstić information content (AvgIpc) is 3.16. The van der Waals surface area contributed by atoms with Gasteiger partial charge >= 0.3 is 0 Å². The van der Waals surface area contributed by atoms with Crippen molar-refractivity contribution >= 4 is 11.9 Å². The van der Waals surface area contributed by atoms with Crippen molar-refractivity contribution in [2.75, 3.05) is 38.1 Å². The first-order valence-electron chi connectivity index (χ1n) is 10.8. The number of carbonyl (C=O) groups excluding carboxylic acids is 1. The van der Waals surface area contributed by atoms with Crippen molar-refractivity contribution in [2.24, 2.45) is 0 Å². The second-order valence-corrected chi connectivity index (χ2v) is 8.23. The number of likely N-dealkylation sites (tertiary alicyclic amines) is 1. The number of imidazole rings is 1. The monoisotopic (exact) mass is 413 g/mol. The summed E-state index contributed by atoms with van der Waals surface area (Å²) in [5.41, 5.74) is 1.85. The number of aryl methyl sites for hydroxylation is 1. The van der Waals surface area contributed by atoms with Crippen LogP contribution in [-0.4, -0.2) is 75.3 Å². The zero-order chi connectivity index (χ0) is 21.1. The van der Waals surface area contributed by atoms with Gasteiger partial charge in [0.1, 0.15) is 11.9 Å². The number of morpholine rings is 1. The van der Waals surface area contributed by atoms with Gasteiger partial charge in [0.25, 0.3) is 5.91 Å². The van der Waals surface area contributed by atoms with Gasteiger partial charge in [-0.1, -0.05) is 0 Å². The summed E-state index contributed by atoms with van der Waals surface area (Å²) in [6.07, 6.45) is 5.03. The van der Waals surface area contributed by atoms with Crippen LogP contribution in [0.1, 0.15) is 38.6 Å². The molecule has 0 aliphatic carbocycles. The third-order valence-corrected chi connectivity index (χ3v) is 5.76. The first-order valence-corrected chi connectivity index (χ1v) is 10.8. The summed E-state index contributed by atoms with van der Waals surface area (Å²) in [5, 5.41) is 6.67. The lowest BCUT2D eigenvalue weighted by Crippen LogP contribution is -2.52. The lowest BCUT2D eigenvalue weighted by atomic mass is 10.0. The summed E-state index contributed by atoms with van der Waals surface area (Å²) in [7, 11) is 0. The fourth-order valence-corrected chi connectivity index (χ4v) is 4.22. The zero-order valence-corrected chi connectivity index (χ0v) is 18.0. The van der Waals surface area contributed by atoms with Gasteiger partial charge in [0.2, 0.25) is 5.95 Å². The molecule has 2 aliphatic rings. The molecule has 0 bridgehead atoms. The van der Waals surface area contributed by atoms with Gasteiger partial charge in [0.05, 0.1) is 24.2 Å². The van der Waals surface area contributed by atoms with Crippen molar-refractivity contribution < 1.29 is 9.53 Å². The summed E-state index contributed by atoms with van der Waals surface area (Å²) in [5.74, 6) is 1.68. The molecule has 30 heavy (non-hydrogen) atoms. The number of aromatic nitrogens is 4.